The van der Waals surface area contributed by atoms with Gasteiger partial charge in [-0.3, -0.25) is 0 Å². The van der Waals surface area contributed by atoms with Crippen LogP contribution in [0, 0.1) is 0 Å². The molecular weight excluding hydrogens is 238 g/mol. The zero-order chi connectivity index (χ0) is 13.7. The first-order chi connectivity index (χ1) is 9.22. The van der Waals surface area contributed by atoms with Crippen molar-refractivity contribution in [3.05, 3.63) is 30.0 Å². The van der Waals surface area contributed by atoms with Crippen LogP contribution in [0.4, 0.5) is 0 Å². The van der Waals surface area contributed by atoms with Crippen LogP contribution >= 0.6 is 0 Å². The third-order valence-electron chi connectivity index (χ3n) is 3.05. The van der Waals surface area contributed by atoms with E-state index >= 15 is 0 Å². The fraction of sp³-hybridized carbons (Fsp3) is 0.500. The number of fused-ring (bicyclic) bond motifs is 1. The molecule has 0 unspecified atom stereocenters. The lowest BCUT2D eigenvalue weighted by Gasteiger charge is -2.07. The molecule has 0 bridgehead atoms. The Hall–Kier alpha value is -1.48. The molecule has 0 saturated heterocycles. The lowest BCUT2D eigenvalue weighted by molar-refractivity contribution is 0.316. The van der Waals surface area contributed by atoms with E-state index in [9.17, 15) is 0 Å². The van der Waals surface area contributed by atoms with Crippen molar-refractivity contribution in [1.29, 1.82) is 0 Å². The number of hydrogen-bond donors (Lipinski definition) is 1. The first-order valence-corrected chi connectivity index (χ1v) is 7.07. The van der Waals surface area contributed by atoms with E-state index in [1.807, 2.05) is 18.4 Å². The number of ether oxygens (including phenoxy) is 1. The molecule has 0 atom stereocenters. The Morgan fingerprint density at radius 2 is 2.16 bits per heavy atom. The van der Waals surface area contributed by atoms with Crippen LogP contribution < -0.4 is 10.1 Å². The molecule has 19 heavy (non-hydrogen) atoms. The van der Waals surface area contributed by atoms with E-state index in [-0.39, 0.29) is 0 Å². The summed E-state index contributed by atoms with van der Waals surface area (Å²) in [7, 11) is 0. The largest absolute Gasteiger partial charge is 0.490 e. The van der Waals surface area contributed by atoms with E-state index < -0.39 is 0 Å². The molecule has 0 aliphatic rings. The zero-order valence-corrected chi connectivity index (χ0v) is 12.0. The van der Waals surface area contributed by atoms with Crippen molar-refractivity contribution in [1.82, 2.24) is 5.32 Å². The predicted molar refractivity (Wildman–Crippen MR) is 78.8 cm³/mol. The Morgan fingerprint density at radius 3 is 2.89 bits per heavy atom. The molecule has 0 spiro atoms. The molecule has 3 nitrogen and oxygen atoms in total. The summed E-state index contributed by atoms with van der Waals surface area (Å²) in [6.45, 7) is 8.11. The van der Waals surface area contributed by atoms with Crippen molar-refractivity contribution in [3.8, 4) is 5.75 Å². The number of nitrogens with one attached hydrogen (secondary N) is 1. The molecule has 0 amide bonds. The van der Waals surface area contributed by atoms with Crippen LogP contribution in [0.15, 0.2) is 28.9 Å². The smallest absolute Gasteiger partial charge is 0.175 e. The van der Waals surface area contributed by atoms with Crippen molar-refractivity contribution in [2.24, 2.45) is 0 Å². The fourth-order valence-corrected chi connectivity index (χ4v) is 2.10. The molecule has 3 heteroatoms. The minimum absolute atomic E-state index is 0.515. The maximum absolute atomic E-state index is 5.72. The highest BCUT2D eigenvalue weighted by Crippen LogP contribution is 2.30. The molecule has 0 radical (unpaired) electrons. The van der Waals surface area contributed by atoms with Gasteiger partial charge in [0, 0.05) is 11.4 Å². The average molecular weight is 261 g/mol. The number of benzene rings is 1. The van der Waals surface area contributed by atoms with E-state index in [1.54, 1.807) is 0 Å². The predicted octanol–water partition coefficient (Wildman–Crippen LogP) is 3.76. The van der Waals surface area contributed by atoms with E-state index in [0.29, 0.717) is 6.04 Å². The lowest BCUT2D eigenvalue weighted by atomic mass is 10.1. The molecule has 2 aromatic rings. The first kappa shape index (κ1) is 13.9. The Morgan fingerprint density at radius 1 is 1.32 bits per heavy atom. The normalized spacial score (nSPS) is 11.4. The Kier molecular flexibility index (Phi) is 4.86. The number of hydrogen-bond acceptors (Lipinski definition) is 3. The molecule has 2 rings (SSSR count). The van der Waals surface area contributed by atoms with Gasteiger partial charge >= 0.3 is 0 Å². The highest BCUT2D eigenvalue weighted by Gasteiger charge is 2.10. The average Bonchev–Trinajstić information content (AvgIpc) is 2.80. The van der Waals surface area contributed by atoms with Crippen LogP contribution in [0.2, 0.25) is 0 Å². The van der Waals surface area contributed by atoms with Gasteiger partial charge in [0.05, 0.1) is 12.9 Å². The van der Waals surface area contributed by atoms with Gasteiger partial charge < -0.3 is 14.5 Å². The van der Waals surface area contributed by atoms with E-state index in [2.05, 4.69) is 32.2 Å². The number of furan rings is 1. The summed E-state index contributed by atoms with van der Waals surface area (Å²) in [4.78, 5) is 0. The summed E-state index contributed by atoms with van der Waals surface area (Å²) in [6, 6.07) is 6.61. The summed E-state index contributed by atoms with van der Waals surface area (Å²) in [5.41, 5.74) is 2.11. The molecule has 0 fully saturated rings. The van der Waals surface area contributed by atoms with Gasteiger partial charge in [-0.05, 0) is 31.0 Å². The Labute approximate surface area is 114 Å². The Balaban J connectivity index is 2.13. The Bertz CT molecular complexity index is 516. The quantitative estimate of drug-likeness (QED) is 0.824. The standard InChI is InChI=1S/C16H23NO2/c1-4-10-18-15-7-5-6-14-13(11-19-16(14)15)8-9-17-12(2)3/h5-7,11-12,17H,4,8-10H2,1-3H3. The molecule has 104 valence electrons. The van der Waals surface area contributed by atoms with Crippen molar-refractivity contribution in [2.75, 3.05) is 13.2 Å². The minimum atomic E-state index is 0.515. The molecule has 0 aliphatic heterocycles. The van der Waals surface area contributed by atoms with Gasteiger partial charge in [-0.1, -0.05) is 32.9 Å². The number of para-hydroxylation sites is 1. The maximum atomic E-state index is 5.72. The third kappa shape index (κ3) is 3.51. The van der Waals surface area contributed by atoms with Crippen molar-refractivity contribution in [2.45, 2.75) is 39.7 Å². The van der Waals surface area contributed by atoms with Gasteiger partial charge in [-0.2, -0.15) is 0 Å². The third-order valence-corrected chi connectivity index (χ3v) is 3.05. The van der Waals surface area contributed by atoms with Crippen LogP contribution in [-0.4, -0.2) is 19.2 Å². The monoisotopic (exact) mass is 261 g/mol. The van der Waals surface area contributed by atoms with Crippen LogP contribution in [0.3, 0.4) is 0 Å². The molecule has 1 heterocycles. The molecule has 1 N–H and O–H groups in total. The van der Waals surface area contributed by atoms with E-state index in [4.69, 9.17) is 9.15 Å². The van der Waals surface area contributed by atoms with Gasteiger partial charge in [0.2, 0.25) is 0 Å². The molecule has 1 aromatic carbocycles. The fourth-order valence-electron chi connectivity index (χ4n) is 2.10. The van der Waals surface area contributed by atoms with Crippen molar-refractivity contribution < 1.29 is 9.15 Å². The molecule has 0 saturated carbocycles. The van der Waals surface area contributed by atoms with Gasteiger partial charge in [-0.15, -0.1) is 0 Å². The van der Waals surface area contributed by atoms with Gasteiger partial charge in [0.15, 0.2) is 11.3 Å². The second-order valence-electron chi connectivity index (χ2n) is 5.10. The zero-order valence-electron chi connectivity index (χ0n) is 12.0. The molecular formula is C16H23NO2. The number of rotatable bonds is 7. The summed E-state index contributed by atoms with van der Waals surface area (Å²) >= 11 is 0. The SMILES string of the molecule is CCCOc1cccc2c(CCNC(C)C)coc12. The van der Waals surface area contributed by atoms with Gasteiger partial charge in [0.25, 0.3) is 0 Å². The topological polar surface area (TPSA) is 34.4 Å². The summed E-state index contributed by atoms with van der Waals surface area (Å²) in [5.74, 6) is 0.849. The van der Waals surface area contributed by atoms with E-state index in [1.165, 1.54) is 10.9 Å². The van der Waals surface area contributed by atoms with Crippen LogP contribution in [0.25, 0.3) is 11.0 Å². The van der Waals surface area contributed by atoms with Crippen molar-refractivity contribution in [3.63, 3.8) is 0 Å². The van der Waals surface area contributed by atoms with Crippen LogP contribution in [0.5, 0.6) is 5.75 Å². The van der Waals surface area contributed by atoms with E-state index in [0.717, 1.165) is 37.3 Å². The van der Waals surface area contributed by atoms with Gasteiger partial charge in [0.1, 0.15) is 0 Å². The molecule has 0 aliphatic carbocycles. The van der Waals surface area contributed by atoms with Crippen LogP contribution in [0.1, 0.15) is 32.8 Å². The second-order valence-corrected chi connectivity index (χ2v) is 5.10. The minimum Gasteiger partial charge on any atom is -0.490 e. The maximum Gasteiger partial charge on any atom is 0.175 e. The highest BCUT2D eigenvalue weighted by atomic mass is 16.5. The summed E-state index contributed by atoms with van der Waals surface area (Å²) in [6.07, 6.45) is 3.83. The first-order valence-electron chi connectivity index (χ1n) is 7.07. The van der Waals surface area contributed by atoms with Crippen molar-refractivity contribution >= 4 is 11.0 Å². The second kappa shape index (κ2) is 6.62. The van der Waals surface area contributed by atoms with Gasteiger partial charge in [-0.25, -0.2) is 0 Å². The highest BCUT2D eigenvalue weighted by molar-refractivity contribution is 5.86. The molecule has 1 aromatic heterocycles. The van der Waals surface area contributed by atoms with Crippen LogP contribution in [-0.2, 0) is 6.42 Å². The summed E-state index contributed by atoms with van der Waals surface area (Å²) < 4.78 is 11.4. The summed E-state index contributed by atoms with van der Waals surface area (Å²) in [5, 5.41) is 4.59. The lowest BCUT2D eigenvalue weighted by Crippen LogP contribution is -2.24.